The Morgan fingerprint density at radius 2 is 1.95 bits per heavy atom. The first-order chi connectivity index (χ1) is 10.3. The van der Waals surface area contributed by atoms with Crippen molar-refractivity contribution in [3.63, 3.8) is 0 Å². The summed E-state index contributed by atoms with van der Waals surface area (Å²) in [5.74, 6) is 0.262. The first kappa shape index (κ1) is 16.2. The van der Waals surface area contributed by atoms with Crippen LogP contribution in [0.2, 0.25) is 0 Å². The fourth-order valence-corrected chi connectivity index (χ4v) is 3.32. The van der Waals surface area contributed by atoms with Gasteiger partial charge in [0.05, 0.1) is 10.9 Å². The summed E-state index contributed by atoms with van der Waals surface area (Å²) in [7, 11) is -3.78. The van der Waals surface area contributed by atoms with Crippen LogP contribution in [0.5, 0.6) is 0 Å². The van der Waals surface area contributed by atoms with Crippen molar-refractivity contribution in [3.05, 3.63) is 41.7 Å². The summed E-state index contributed by atoms with van der Waals surface area (Å²) in [6, 6.07) is 7.14. The van der Waals surface area contributed by atoms with Gasteiger partial charge in [0, 0.05) is 6.07 Å². The molecule has 0 unspecified atom stereocenters. The summed E-state index contributed by atoms with van der Waals surface area (Å²) in [6.45, 7) is 4.84. The fraction of sp³-hybridized carbons (Fsp3) is 0.286. The molecule has 118 valence electrons. The van der Waals surface area contributed by atoms with Gasteiger partial charge in [-0.2, -0.15) is 4.72 Å². The number of aryl methyl sites for hydroxylation is 2. The largest absolute Gasteiger partial charge is 0.360 e. The zero-order valence-corrected chi connectivity index (χ0v) is 13.3. The molecular formula is C14H17N3O4S. The quantitative estimate of drug-likeness (QED) is 0.870. The van der Waals surface area contributed by atoms with Crippen LogP contribution in [-0.4, -0.2) is 25.5 Å². The van der Waals surface area contributed by atoms with Crippen LogP contribution in [0.1, 0.15) is 18.2 Å². The lowest BCUT2D eigenvalue weighted by atomic mass is 10.2. The van der Waals surface area contributed by atoms with Gasteiger partial charge in [-0.3, -0.25) is 4.79 Å². The Morgan fingerprint density at radius 3 is 2.55 bits per heavy atom. The van der Waals surface area contributed by atoms with Crippen LogP contribution in [0, 0.1) is 13.8 Å². The third-order valence-corrected chi connectivity index (χ3v) is 4.69. The number of nitrogens with one attached hydrogen (secondary N) is 2. The Morgan fingerprint density at radius 1 is 1.27 bits per heavy atom. The molecule has 0 radical (unpaired) electrons. The van der Waals surface area contributed by atoms with Gasteiger partial charge in [0.25, 0.3) is 0 Å². The Hall–Kier alpha value is -2.19. The van der Waals surface area contributed by atoms with E-state index in [1.807, 2.05) is 0 Å². The van der Waals surface area contributed by atoms with Crippen molar-refractivity contribution in [2.45, 2.75) is 31.7 Å². The van der Waals surface area contributed by atoms with Crippen LogP contribution in [0.25, 0.3) is 0 Å². The lowest BCUT2D eigenvalue weighted by molar-refractivity contribution is -0.117. The molecule has 8 heteroatoms. The van der Waals surface area contributed by atoms with E-state index in [0.717, 1.165) is 0 Å². The summed E-state index contributed by atoms with van der Waals surface area (Å²) in [4.78, 5) is 12.1. The zero-order chi connectivity index (χ0) is 16.3. The SMILES string of the molecule is Cc1cc(NC(=O)[C@@H](C)NS(=O)(=O)c2ccccc2C)no1. The van der Waals surface area contributed by atoms with E-state index in [1.54, 1.807) is 38.1 Å². The Labute approximate surface area is 128 Å². The third-order valence-electron chi connectivity index (χ3n) is 2.99. The normalized spacial score (nSPS) is 12.9. The summed E-state index contributed by atoms with van der Waals surface area (Å²) in [5.41, 5.74) is 0.606. The molecule has 1 aromatic carbocycles. The highest BCUT2D eigenvalue weighted by atomic mass is 32.2. The number of benzene rings is 1. The monoisotopic (exact) mass is 323 g/mol. The second-order valence-corrected chi connectivity index (χ2v) is 6.60. The number of amides is 1. The highest BCUT2D eigenvalue weighted by molar-refractivity contribution is 7.89. The smallest absolute Gasteiger partial charge is 0.243 e. The molecule has 1 aromatic heterocycles. The predicted octanol–water partition coefficient (Wildman–Crippen LogP) is 1.60. The Balaban J connectivity index is 2.09. The number of anilines is 1. The maximum absolute atomic E-state index is 12.3. The molecule has 22 heavy (non-hydrogen) atoms. The molecule has 1 amide bonds. The highest BCUT2D eigenvalue weighted by Crippen LogP contribution is 2.14. The fourth-order valence-electron chi connectivity index (χ4n) is 1.87. The molecule has 0 fully saturated rings. The van der Waals surface area contributed by atoms with Gasteiger partial charge in [0.1, 0.15) is 5.76 Å². The van der Waals surface area contributed by atoms with Gasteiger partial charge in [0.15, 0.2) is 5.82 Å². The van der Waals surface area contributed by atoms with Crippen molar-refractivity contribution in [2.75, 3.05) is 5.32 Å². The van der Waals surface area contributed by atoms with Gasteiger partial charge < -0.3 is 9.84 Å². The van der Waals surface area contributed by atoms with Crippen LogP contribution < -0.4 is 10.0 Å². The van der Waals surface area contributed by atoms with Crippen molar-refractivity contribution < 1.29 is 17.7 Å². The van der Waals surface area contributed by atoms with E-state index < -0.39 is 22.0 Å². The van der Waals surface area contributed by atoms with Crippen molar-refractivity contribution in [3.8, 4) is 0 Å². The van der Waals surface area contributed by atoms with Crippen molar-refractivity contribution in [1.29, 1.82) is 0 Å². The van der Waals surface area contributed by atoms with E-state index in [-0.39, 0.29) is 10.7 Å². The van der Waals surface area contributed by atoms with E-state index in [9.17, 15) is 13.2 Å². The highest BCUT2D eigenvalue weighted by Gasteiger charge is 2.23. The molecule has 1 atom stereocenters. The minimum atomic E-state index is -3.78. The van der Waals surface area contributed by atoms with Gasteiger partial charge in [-0.15, -0.1) is 0 Å². The molecule has 0 aliphatic carbocycles. The van der Waals surface area contributed by atoms with Crippen LogP contribution >= 0.6 is 0 Å². The standard InChI is InChI=1S/C14H17N3O4S/c1-9-6-4-5-7-12(9)22(19,20)17-11(3)14(18)15-13-8-10(2)21-16-13/h4-8,11,17H,1-3H3,(H,15,16,18)/t11-/m1/s1. The van der Waals surface area contributed by atoms with E-state index in [2.05, 4.69) is 15.2 Å². The van der Waals surface area contributed by atoms with Gasteiger partial charge in [-0.25, -0.2) is 8.42 Å². The minimum Gasteiger partial charge on any atom is -0.360 e. The predicted molar refractivity (Wildman–Crippen MR) is 80.8 cm³/mol. The molecular weight excluding hydrogens is 306 g/mol. The number of hydrogen-bond acceptors (Lipinski definition) is 5. The van der Waals surface area contributed by atoms with Crippen LogP contribution in [0.3, 0.4) is 0 Å². The average Bonchev–Trinajstić information content (AvgIpc) is 2.83. The molecule has 2 aromatic rings. The van der Waals surface area contributed by atoms with Crippen molar-refractivity contribution in [1.82, 2.24) is 9.88 Å². The minimum absolute atomic E-state index is 0.145. The second-order valence-electron chi connectivity index (χ2n) is 4.92. The van der Waals surface area contributed by atoms with Crippen LogP contribution in [0.15, 0.2) is 39.8 Å². The summed E-state index contributed by atoms with van der Waals surface area (Å²) in [6.07, 6.45) is 0. The van der Waals surface area contributed by atoms with Gasteiger partial charge in [0.2, 0.25) is 15.9 Å². The number of sulfonamides is 1. The average molecular weight is 323 g/mol. The molecule has 7 nitrogen and oxygen atoms in total. The molecule has 1 heterocycles. The molecule has 0 aliphatic heterocycles. The van der Waals surface area contributed by atoms with E-state index in [1.165, 1.54) is 13.0 Å². The first-order valence-corrected chi connectivity index (χ1v) is 8.10. The van der Waals surface area contributed by atoms with E-state index in [4.69, 9.17) is 4.52 Å². The lowest BCUT2D eigenvalue weighted by Gasteiger charge is -2.14. The molecule has 2 rings (SSSR count). The van der Waals surface area contributed by atoms with Gasteiger partial charge in [-0.1, -0.05) is 23.4 Å². The third kappa shape index (κ3) is 3.71. The summed E-state index contributed by atoms with van der Waals surface area (Å²) in [5, 5.41) is 6.10. The first-order valence-electron chi connectivity index (χ1n) is 6.62. The van der Waals surface area contributed by atoms with Crippen molar-refractivity contribution >= 4 is 21.7 Å². The summed E-state index contributed by atoms with van der Waals surface area (Å²) >= 11 is 0. The van der Waals surface area contributed by atoms with Gasteiger partial charge in [-0.05, 0) is 32.4 Å². The number of aromatic nitrogens is 1. The number of rotatable bonds is 5. The maximum Gasteiger partial charge on any atom is 0.243 e. The number of carbonyl (C=O) groups is 1. The van der Waals surface area contributed by atoms with Crippen LogP contribution in [-0.2, 0) is 14.8 Å². The van der Waals surface area contributed by atoms with Crippen molar-refractivity contribution in [2.24, 2.45) is 0 Å². The maximum atomic E-state index is 12.3. The Bertz CT molecular complexity index is 783. The lowest BCUT2D eigenvalue weighted by Crippen LogP contribution is -2.41. The van der Waals surface area contributed by atoms with Crippen LogP contribution in [0.4, 0.5) is 5.82 Å². The second kappa shape index (κ2) is 6.29. The Kier molecular flexibility index (Phi) is 4.62. The topological polar surface area (TPSA) is 101 Å². The molecule has 0 bridgehead atoms. The number of hydrogen-bond donors (Lipinski definition) is 2. The number of nitrogens with zero attached hydrogens (tertiary/aromatic N) is 1. The molecule has 0 saturated heterocycles. The van der Waals surface area contributed by atoms with E-state index >= 15 is 0 Å². The molecule has 2 N–H and O–H groups in total. The molecule has 0 saturated carbocycles. The zero-order valence-electron chi connectivity index (χ0n) is 12.5. The van der Waals surface area contributed by atoms with Gasteiger partial charge >= 0.3 is 0 Å². The number of carbonyl (C=O) groups excluding carboxylic acids is 1. The molecule has 0 spiro atoms. The summed E-state index contributed by atoms with van der Waals surface area (Å²) < 4.78 is 31.8. The molecule has 0 aliphatic rings. The van der Waals surface area contributed by atoms with E-state index in [0.29, 0.717) is 11.3 Å².